The Morgan fingerprint density at radius 2 is 2.15 bits per heavy atom. The summed E-state index contributed by atoms with van der Waals surface area (Å²) in [5, 5.41) is 19.5. The fourth-order valence-corrected chi connectivity index (χ4v) is 4.22. The smallest absolute Gasteiger partial charge is 0.160 e. The number of anilines is 2. The lowest BCUT2D eigenvalue weighted by molar-refractivity contribution is 0.141. The van der Waals surface area contributed by atoms with E-state index in [-0.39, 0.29) is 12.6 Å². The van der Waals surface area contributed by atoms with Crippen LogP contribution in [0.2, 0.25) is 0 Å². The quantitative estimate of drug-likeness (QED) is 0.411. The first kappa shape index (κ1) is 18.8. The number of fused-ring (bicyclic) bond motifs is 1. The summed E-state index contributed by atoms with van der Waals surface area (Å²) in [4.78, 5) is 6.49. The molecule has 0 aliphatic carbocycles. The molecule has 0 saturated carbocycles. The van der Waals surface area contributed by atoms with E-state index >= 15 is 0 Å². The van der Waals surface area contributed by atoms with Gasteiger partial charge in [0, 0.05) is 19.3 Å². The lowest BCUT2D eigenvalue weighted by Crippen LogP contribution is -2.51. The number of nitrogen functional groups attached to an aromatic ring is 1. The standard InChI is InChI=1S/C16H20FIN7OP/c1-16(2,17)8-24-13-3-12(14-11(19)7-25(21-14)27-18)20-4-10(13)15(22-24)23-5-9(26)6-23/h3-4,7,9,26-27H,5-6,8,19H2,1-2H3. The SMILES string of the molecule is CC(C)(F)Cn1nc(N2CC(O)C2)c2cnc(-c3nn(PI)cc3N)cc21. The summed E-state index contributed by atoms with van der Waals surface area (Å²) >= 11 is 2.23. The van der Waals surface area contributed by atoms with E-state index in [2.05, 4.69) is 37.2 Å². The minimum atomic E-state index is -1.42. The molecular weight excluding hydrogens is 483 g/mol. The second-order valence-electron chi connectivity index (χ2n) is 7.31. The van der Waals surface area contributed by atoms with Crippen LogP contribution < -0.4 is 10.6 Å². The zero-order valence-electron chi connectivity index (χ0n) is 14.9. The largest absolute Gasteiger partial charge is 0.396 e. The molecule has 1 unspecified atom stereocenters. The van der Waals surface area contributed by atoms with Crippen molar-refractivity contribution in [2.75, 3.05) is 23.7 Å². The first-order valence-electron chi connectivity index (χ1n) is 8.46. The van der Waals surface area contributed by atoms with Gasteiger partial charge in [-0.1, -0.05) is 0 Å². The van der Waals surface area contributed by atoms with Crippen LogP contribution in [0.15, 0.2) is 18.5 Å². The van der Waals surface area contributed by atoms with Crippen molar-refractivity contribution in [1.29, 1.82) is 0 Å². The van der Waals surface area contributed by atoms with Gasteiger partial charge in [-0.2, -0.15) is 10.2 Å². The zero-order chi connectivity index (χ0) is 19.3. The number of hydrogen-bond acceptors (Lipinski definition) is 6. The second-order valence-corrected chi connectivity index (χ2v) is 9.38. The van der Waals surface area contributed by atoms with Crippen molar-refractivity contribution < 1.29 is 9.50 Å². The molecule has 0 radical (unpaired) electrons. The van der Waals surface area contributed by atoms with Gasteiger partial charge in [0.25, 0.3) is 0 Å². The third kappa shape index (κ3) is 3.62. The van der Waals surface area contributed by atoms with Gasteiger partial charge >= 0.3 is 0 Å². The average molecular weight is 503 g/mol. The summed E-state index contributed by atoms with van der Waals surface area (Å²) in [5.74, 6) is 0.714. The lowest BCUT2D eigenvalue weighted by Gasteiger charge is -2.36. The summed E-state index contributed by atoms with van der Waals surface area (Å²) in [6, 6.07) is 1.85. The highest BCUT2D eigenvalue weighted by atomic mass is 127. The van der Waals surface area contributed by atoms with E-state index in [1.807, 2.05) is 11.0 Å². The maximum atomic E-state index is 14.3. The number of hydrogen-bond donors (Lipinski definition) is 2. The highest BCUT2D eigenvalue weighted by molar-refractivity contribution is 14.2. The summed E-state index contributed by atoms with van der Waals surface area (Å²) < 4.78 is 17.8. The number of aliphatic hydroxyl groups excluding tert-OH is 1. The average Bonchev–Trinajstić information content (AvgIpc) is 3.11. The van der Waals surface area contributed by atoms with Gasteiger partial charge in [-0.3, -0.25) is 9.67 Å². The Bertz CT molecular complexity index is 993. The molecule has 1 aliphatic rings. The molecule has 1 saturated heterocycles. The molecule has 0 aromatic carbocycles. The van der Waals surface area contributed by atoms with Crippen molar-refractivity contribution in [3.63, 3.8) is 0 Å². The van der Waals surface area contributed by atoms with Gasteiger partial charge in [-0.25, -0.2) is 8.84 Å². The third-order valence-electron chi connectivity index (χ3n) is 4.38. The number of nitrogens with zero attached hydrogens (tertiary/aromatic N) is 6. The van der Waals surface area contributed by atoms with Crippen molar-refractivity contribution in [2.45, 2.75) is 32.2 Å². The van der Waals surface area contributed by atoms with E-state index in [1.54, 1.807) is 21.5 Å². The monoisotopic (exact) mass is 503 g/mol. The van der Waals surface area contributed by atoms with E-state index in [0.29, 0.717) is 42.4 Å². The van der Waals surface area contributed by atoms with Gasteiger partial charge in [-0.05, 0) is 42.0 Å². The van der Waals surface area contributed by atoms with Crippen molar-refractivity contribution in [3.8, 4) is 11.4 Å². The Balaban J connectivity index is 1.83. The van der Waals surface area contributed by atoms with E-state index in [9.17, 15) is 9.50 Å². The predicted octanol–water partition coefficient (Wildman–Crippen LogP) is 2.60. The van der Waals surface area contributed by atoms with E-state index in [0.717, 1.165) is 10.9 Å². The van der Waals surface area contributed by atoms with Crippen molar-refractivity contribution >= 4 is 50.8 Å². The van der Waals surface area contributed by atoms with Gasteiger partial charge in [0.1, 0.15) is 11.4 Å². The van der Waals surface area contributed by atoms with Crippen LogP contribution in [0, 0.1) is 0 Å². The van der Waals surface area contributed by atoms with E-state index in [4.69, 9.17) is 5.73 Å². The number of nitrogens with two attached hydrogens (primary N) is 1. The van der Waals surface area contributed by atoms with E-state index < -0.39 is 5.67 Å². The molecular formula is C16H20FIN7OP. The summed E-state index contributed by atoms with van der Waals surface area (Å²) in [6.07, 6.45) is 3.59. The van der Waals surface area contributed by atoms with Crippen LogP contribution in [0.5, 0.6) is 0 Å². The molecule has 27 heavy (non-hydrogen) atoms. The minimum Gasteiger partial charge on any atom is -0.396 e. The molecule has 0 amide bonds. The minimum absolute atomic E-state index is 0.113. The maximum absolute atomic E-state index is 14.3. The van der Waals surface area contributed by atoms with Crippen molar-refractivity contribution in [2.24, 2.45) is 0 Å². The number of rotatable bonds is 5. The maximum Gasteiger partial charge on any atom is 0.160 e. The summed E-state index contributed by atoms with van der Waals surface area (Å²) in [6.45, 7) is 4.19. The third-order valence-corrected chi connectivity index (χ3v) is 6.26. The first-order valence-corrected chi connectivity index (χ1v) is 12.5. The van der Waals surface area contributed by atoms with Crippen LogP contribution in [-0.4, -0.2) is 54.3 Å². The van der Waals surface area contributed by atoms with Gasteiger partial charge in [0.15, 0.2) is 5.82 Å². The molecule has 1 aliphatic heterocycles. The number of aliphatic hydroxyl groups is 1. The molecule has 11 heteroatoms. The molecule has 4 rings (SSSR count). The number of β-amino-alcohol motifs (C(OH)–C–C–N with tert-alkyl or cyclic N) is 1. The molecule has 1 atom stereocenters. The molecule has 144 valence electrons. The Labute approximate surface area is 170 Å². The van der Waals surface area contributed by atoms with Crippen LogP contribution in [0.4, 0.5) is 15.9 Å². The fraction of sp³-hybridized carbons (Fsp3) is 0.438. The lowest BCUT2D eigenvalue weighted by atomic mass is 10.1. The van der Waals surface area contributed by atoms with Gasteiger partial charge in [0.2, 0.25) is 0 Å². The highest BCUT2D eigenvalue weighted by Gasteiger charge is 2.30. The first-order chi connectivity index (χ1) is 12.7. The van der Waals surface area contributed by atoms with Crippen molar-refractivity contribution in [3.05, 3.63) is 18.5 Å². The van der Waals surface area contributed by atoms with Crippen LogP contribution in [0.3, 0.4) is 0 Å². The van der Waals surface area contributed by atoms with Crippen LogP contribution in [0.25, 0.3) is 22.3 Å². The number of aromatic nitrogens is 5. The number of halogens is 2. The topological polar surface area (TPSA) is 98.0 Å². The van der Waals surface area contributed by atoms with Gasteiger partial charge in [-0.15, -0.1) is 0 Å². The fourth-order valence-electron chi connectivity index (χ4n) is 3.15. The second kappa shape index (κ2) is 6.82. The summed E-state index contributed by atoms with van der Waals surface area (Å²) in [5.41, 5.74) is 7.23. The zero-order valence-corrected chi connectivity index (χ0v) is 18.1. The Morgan fingerprint density at radius 3 is 2.74 bits per heavy atom. The highest BCUT2D eigenvalue weighted by Crippen LogP contribution is 2.34. The molecule has 8 nitrogen and oxygen atoms in total. The van der Waals surface area contributed by atoms with Crippen LogP contribution in [0.1, 0.15) is 13.8 Å². The summed E-state index contributed by atoms with van der Waals surface area (Å²) in [7, 11) is 0. The van der Waals surface area contributed by atoms with E-state index in [1.165, 1.54) is 13.8 Å². The molecule has 4 heterocycles. The predicted molar refractivity (Wildman–Crippen MR) is 114 cm³/mol. The number of pyridine rings is 1. The molecule has 3 aromatic heterocycles. The van der Waals surface area contributed by atoms with Crippen LogP contribution >= 0.6 is 28.4 Å². The van der Waals surface area contributed by atoms with Crippen molar-refractivity contribution in [1.82, 2.24) is 24.3 Å². The molecule has 0 bridgehead atoms. The van der Waals surface area contributed by atoms with Gasteiger partial charge in [0.05, 0.1) is 47.5 Å². The van der Waals surface area contributed by atoms with Gasteiger partial charge < -0.3 is 15.7 Å². The molecule has 3 N–H and O–H groups in total. The van der Waals surface area contributed by atoms with Crippen LogP contribution in [-0.2, 0) is 6.54 Å². The Morgan fingerprint density at radius 1 is 1.41 bits per heavy atom. The Hall–Kier alpha value is -1.52. The number of alkyl halides is 1. The Kier molecular flexibility index (Phi) is 4.76. The molecule has 1 fully saturated rings. The molecule has 0 spiro atoms. The molecule has 3 aromatic rings. The normalized spacial score (nSPS) is 16.0.